The number of benzene rings is 8. The first-order chi connectivity index (χ1) is 32.6. The lowest BCUT2D eigenvalue weighted by molar-refractivity contribution is 0.632. The summed E-state index contributed by atoms with van der Waals surface area (Å²) < 4.78 is 5.43. The maximum absolute atomic E-state index is 4.99. The topological polar surface area (TPSA) is 49.9 Å². The Labute approximate surface area is 397 Å². The molecule has 67 heavy (non-hydrogen) atoms. The summed E-state index contributed by atoms with van der Waals surface area (Å²) >= 11 is 3.51. The van der Waals surface area contributed by atoms with Crippen LogP contribution < -0.4 is 10.2 Å². The maximum Gasteiger partial charge on any atom is 0.145 e. The second-order valence-corrected chi connectivity index (χ2v) is 19.5. The van der Waals surface area contributed by atoms with E-state index in [1.165, 1.54) is 66.5 Å². The predicted octanol–water partition coefficient (Wildman–Crippen LogP) is 16.2. The van der Waals surface area contributed by atoms with Crippen LogP contribution in [0.4, 0.5) is 28.4 Å². The van der Waals surface area contributed by atoms with Crippen LogP contribution in [0.15, 0.2) is 211 Å². The molecule has 0 radical (unpaired) electrons. The van der Waals surface area contributed by atoms with Gasteiger partial charge in [0, 0.05) is 55.5 Å². The molecule has 0 amide bonds. The lowest BCUT2D eigenvalue weighted by Crippen LogP contribution is -2.30. The van der Waals surface area contributed by atoms with Gasteiger partial charge in [0.05, 0.1) is 33.4 Å². The first kappa shape index (κ1) is 40.7. The molecule has 0 spiro atoms. The molecule has 324 valence electrons. The Morgan fingerprint density at radius 1 is 0.433 bits per heavy atom. The SMILES string of the molecule is Brc1ccc2nc3c4ccccc4ccn3c2c1.CC1(C)c2ccccc2N(c2ccc3nc4c5ccccc5ccn4c3c2)c2ccccc21.CC1(C)c2ccccc2Nc2ccccc21. The molecule has 14 rings (SSSR count). The number of fused-ring (bicyclic) bond motifs is 14. The summed E-state index contributed by atoms with van der Waals surface area (Å²) in [5.41, 5.74) is 17.8. The van der Waals surface area contributed by atoms with Gasteiger partial charge in [0.1, 0.15) is 11.3 Å². The summed E-state index contributed by atoms with van der Waals surface area (Å²) in [6.45, 7) is 9.21. The van der Waals surface area contributed by atoms with Gasteiger partial charge in [-0.05, 0) is 106 Å². The van der Waals surface area contributed by atoms with Gasteiger partial charge in [0.2, 0.25) is 0 Å². The van der Waals surface area contributed by atoms with E-state index in [-0.39, 0.29) is 10.8 Å². The molecule has 0 unspecified atom stereocenters. The molecule has 0 atom stereocenters. The van der Waals surface area contributed by atoms with Crippen molar-refractivity contribution in [2.75, 3.05) is 10.2 Å². The molecule has 0 fully saturated rings. The van der Waals surface area contributed by atoms with Crippen molar-refractivity contribution >= 4 is 99.3 Å². The Bertz CT molecular complexity index is 3800. The highest BCUT2D eigenvalue weighted by molar-refractivity contribution is 9.10. The van der Waals surface area contributed by atoms with E-state index in [4.69, 9.17) is 9.97 Å². The first-order valence-electron chi connectivity index (χ1n) is 22.8. The van der Waals surface area contributed by atoms with Crippen molar-refractivity contribution in [3.63, 3.8) is 0 Å². The van der Waals surface area contributed by atoms with E-state index < -0.39 is 0 Å². The molecule has 2 aliphatic rings. The molecule has 0 bridgehead atoms. The third-order valence-electron chi connectivity index (χ3n) is 13.9. The number of rotatable bonds is 1. The quantitative estimate of drug-likeness (QED) is 0.178. The van der Waals surface area contributed by atoms with Gasteiger partial charge in [-0.3, -0.25) is 8.80 Å². The number of hydrogen-bond donors (Lipinski definition) is 1. The summed E-state index contributed by atoms with van der Waals surface area (Å²) in [4.78, 5) is 12.1. The van der Waals surface area contributed by atoms with Crippen molar-refractivity contribution in [2.24, 2.45) is 0 Å². The van der Waals surface area contributed by atoms with Crippen LogP contribution in [0.25, 0.3) is 54.9 Å². The molecule has 7 heteroatoms. The summed E-state index contributed by atoms with van der Waals surface area (Å²) in [7, 11) is 0. The molecule has 0 saturated carbocycles. The average Bonchev–Trinajstić information content (AvgIpc) is 3.93. The molecular weight excluding hydrogens is 885 g/mol. The van der Waals surface area contributed by atoms with Crippen LogP contribution in [0.3, 0.4) is 0 Å². The van der Waals surface area contributed by atoms with Gasteiger partial charge in [0.15, 0.2) is 0 Å². The molecule has 8 aromatic carbocycles. The highest BCUT2D eigenvalue weighted by atomic mass is 79.9. The normalized spacial score (nSPS) is 14.1. The standard InChI is InChI=1S/C30H23N3.C15H9BrN2.C15H15N/c1-30(2)23-11-5-7-13-26(23)33(27-14-8-6-12-24(27)30)21-15-16-25-28(19-21)32-18-17-20-9-3-4-10-22(20)29(32)31-25;16-11-5-6-13-14(9-11)18-8-7-10-3-1-2-4-12(10)15(18)17-13;1-15(2)11-7-3-5-9-13(11)16-14-10-6-4-8-12(14)15/h3-19H,1-2H3;1-9H;3-10,16H,1-2H3. The highest BCUT2D eigenvalue weighted by Gasteiger charge is 2.36. The number of nitrogens with one attached hydrogen (secondary N) is 1. The largest absolute Gasteiger partial charge is 0.355 e. The second kappa shape index (κ2) is 15.7. The van der Waals surface area contributed by atoms with Gasteiger partial charge in [-0.25, -0.2) is 9.97 Å². The monoisotopic (exact) mass is 930 g/mol. The van der Waals surface area contributed by atoms with Crippen molar-refractivity contribution in [1.29, 1.82) is 0 Å². The number of nitrogens with zero attached hydrogens (tertiary/aromatic N) is 5. The van der Waals surface area contributed by atoms with Crippen LogP contribution in [-0.4, -0.2) is 18.8 Å². The molecule has 2 aliphatic heterocycles. The lowest BCUT2D eigenvalue weighted by Gasteiger charge is -2.42. The minimum atomic E-state index is -0.0595. The van der Waals surface area contributed by atoms with E-state index >= 15 is 0 Å². The fraction of sp³-hybridized carbons (Fsp3) is 0.100. The van der Waals surface area contributed by atoms with E-state index in [2.05, 4.69) is 257 Å². The molecule has 6 nitrogen and oxygen atoms in total. The van der Waals surface area contributed by atoms with Crippen LogP contribution in [0.5, 0.6) is 0 Å². The van der Waals surface area contributed by atoms with Crippen LogP contribution in [0.1, 0.15) is 49.9 Å². The summed E-state index contributed by atoms with van der Waals surface area (Å²) in [6.07, 6.45) is 4.22. The van der Waals surface area contributed by atoms with Gasteiger partial charge < -0.3 is 10.2 Å². The fourth-order valence-electron chi connectivity index (χ4n) is 10.5. The van der Waals surface area contributed by atoms with E-state index in [1.807, 2.05) is 12.1 Å². The van der Waals surface area contributed by atoms with E-state index in [9.17, 15) is 0 Å². The molecule has 6 heterocycles. The van der Waals surface area contributed by atoms with E-state index in [1.54, 1.807) is 0 Å². The molecule has 0 aliphatic carbocycles. The van der Waals surface area contributed by atoms with Crippen molar-refractivity contribution in [3.8, 4) is 0 Å². The van der Waals surface area contributed by atoms with Crippen LogP contribution in [-0.2, 0) is 10.8 Å². The summed E-state index contributed by atoms with van der Waals surface area (Å²) in [5, 5.41) is 8.29. The fourth-order valence-corrected chi connectivity index (χ4v) is 10.8. The summed E-state index contributed by atoms with van der Waals surface area (Å²) in [6, 6.07) is 68.5. The molecule has 12 aromatic rings. The van der Waals surface area contributed by atoms with Crippen molar-refractivity contribution in [2.45, 2.75) is 38.5 Å². The number of hydrogen-bond acceptors (Lipinski definition) is 4. The first-order valence-corrected chi connectivity index (χ1v) is 23.6. The number of pyridine rings is 2. The molecule has 0 saturated heterocycles. The van der Waals surface area contributed by atoms with E-state index in [0.717, 1.165) is 43.5 Å². The van der Waals surface area contributed by atoms with Gasteiger partial charge in [-0.1, -0.05) is 165 Å². The van der Waals surface area contributed by atoms with Crippen LogP contribution in [0, 0.1) is 0 Å². The van der Waals surface area contributed by atoms with Gasteiger partial charge in [-0.15, -0.1) is 0 Å². The zero-order chi connectivity index (χ0) is 45.4. The van der Waals surface area contributed by atoms with E-state index in [0.29, 0.717) is 0 Å². The third-order valence-corrected chi connectivity index (χ3v) is 14.4. The van der Waals surface area contributed by atoms with Crippen LogP contribution in [0.2, 0.25) is 0 Å². The predicted molar refractivity (Wildman–Crippen MR) is 283 cm³/mol. The van der Waals surface area contributed by atoms with Crippen molar-refractivity contribution in [3.05, 3.63) is 233 Å². The Kier molecular flexibility index (Phi) is 9.56. The van der Waals surface area contributed by atoms with Gasteiger partial charge >= 0.3 is 0 Å². The summed E-state index contributed by atoms with van der Waals surface area (Å²) in [5.74, 6) is 0. The number of para-hydroxylation sites is 4. The smallest absolute Gasteiger partial charge is 0.145 e. The lowest BCUT2D eigenvalue weighted by atomic mass is 9.73. The molecular formula is C60H47BrN6. The number of anilines is 5. The molecule has 4 aromatic heterocycles. The Morgan fingerprint density at radius 3 is 1.42 bits per heavy atom. The van der Waals surface area contributed by atoms with Crippen molar-refractivity contribution in [1.82, 2.24) is 18.8 Å². The van der Waals surface area contributed by atoms with Gasteiger partial charge in [0.25, 0.3) is 0 Å². The van der Waals surface area contributed by atoms with Crippen LogP contribution >= 0.6 is 15.9 Å². The van der Waals surface area contributed by atoms with Crippen molar-refractivity contribution < 1.29 is 0 Å². The molecule has 1 N–H and O–H groups in total. The Morgan fingerprint density at radius 2 is 0.866 bits per heavy atom. The Hall–Kier alpha value is -7.74. The zero-order valence-corrected chi connectivity index (χ0v) is 39.3. The highest BCUT2D eigenvalue weighted by Crippen LogP contribution is 2.52. The number of imidazole rings is 2. The maximum atomic E-state index is 4.99. The Balaban J connectivity index is 0.000000116. The minimum absolute atomic E-state index is 0.0595. The second-order valence-electron chi connectivity index (χ2n) is 18.6. The third kappa shape index (κ3) is 6.67. The number of halogens is 1. The minimum Gasteiger partial charge on any atom is -0.355 e. The van der Waals surface area contributed by atoms with Gasteiger partial charge in [-0.2, -0.15) is 0 Å². The number of aromatic nitrogens is 4. The average molecular weight is 932 g/mol. The zero-order valence-electron chi connectivity index (χ0n) is 37.7.